The van der Waals surface area contributed by atoms with E-state index in [1.54, 1.807) is 53.1 Å². The number of hydrogen-bond donors (Lipinski definition) is 2. The third-order valence-electron chi connectivity index (χ3n) is 5.40. The summed E-state index contributed by atoms with van der Waals surface area (Å²) in [6.07, 6.45) is 5.11. The molecule has 5 rings (SSSR count). The third-order valence-corrected chi connectivity index (χ3v) is 5.40. The Morgan fingerprint density at radius 2 is 2.00 bits per heavy atom. The van der Waals surface area contributed by atoms with Gasteiger partial charge in [0.25, 0.3) is 5.91 Å². The minimum atomic E-state index is -0.494. The molecular weight excluding hydrogens is 432 g/mol. The van der Waals surface area contributed by atoms with Gasteiger partial charge >= 0.3 is 5.95 Å². The van der Waals surface area contributed by atoms with Crippen LogP contribution in [-0.2, 0) is 11.3 Å². The van der Waals surface area contributed by atoms with E-state index in [0.717, 1.165) is 16.8 Å². The molecule has 0 spiro atoms. The van der Waals surface area contributed by atoms with Gasteiger partial charge in [-0.15, -0.1) is 0 Å². The van der Waals surface area contributed by atoms with Crippen molar-refractivity contribution in [1.82, 2.24) is 15.0 Å². The number of rotatable bonds is 6. The molecule has 0 fully saturated rings. The lowest BCUT2D eigenvalue weighted by molar-refractivity contribution is -0.487. The topological polar surface area (TPSA) is 128 Å². The largest absolute Gasteiger partial charge is 0.482 e. The first-order valence-electron chi connectivity index (χ1n) is 10.6. The number of aromatic nitrogens is 3. The molecule has 2 aromatic carbocycles. The molecule has 9 heteroatoms. The number of nitrogens with zero attached hydrogens (tertiary/aromatic N) is 4. The minimum absolute atomic E-state index is 0.0103. The van der Waals surface area contributed by atoms with Crippen LogP contribution in [0.15, 0.2) is 79.3 Å². The molecule has 0 saturated heterocycles. The average molecular weight is 453 g/mol. The summed E-state index contributed by atoms with van der Waals surface area (Å²) in [6.45, 7) is 0.384. The molecule has 9 nitrogen and oxygen atoms in total. The Balaban J connectivity index is 1.44. The lowest BCUT2D eigenvalue weighted by Gasteiger charge is -2.29. The van der Waals surface area contributed by atoms with Crippen LogP contribution in [0.2, 0.25) is 0 Å². The van der Waals surface area contributed by atoms with Crippen LogP contribution < -0.4 is 20.7 Å². The highest BCUT2D eigenvalue weighted by Crippen LogP contribution is 2.36. The van der Waals surface area contributed by atoms with Crippen LogP contribution in [0.1, 0.15) is 15.9 Å². The fourth-order valence-corrected chi connectivity index (χ4v) is 3.74. The fraction of sp³-hybridized carbons (Fsp3) is 0.0800. The smallest absolute Gasteiger partial charge is 0.331 e. The molecule has 0 atom stereocenters. The van der Waals surface area contributed by atoms with Gasteiger partial charge in [0, 0.05) is 35.8 Å². The van der Waals surface area contributed by atoms with E-state index in [2.05, 4.69) is 15.0 Å². The van der Waals surface area contributed by atoms with E-state index in [4.69, 9.17) is 10.5 Å². The van der Waals surface area contributed by atoms with E-state index in [1.807, 2.05) is 36.4 Å². The van der Waals surface area contributed by atoms with Gasteiger partial charge in [-0.2, -0.15) is 9.97 Å². The first-order valence-corrected chi connectivity index (χ1v) is 10.6. The van der Waals surface area contributed by atoms with Gasteiger partial charge in [0.1, 0.15) is 11.4 Å². The fourth-order valence-electron chi connectivity index (χ4n) is 3.74. The van der Waals surface area contributed by atoms with Gasteiger partial charge < -0.3 is 15.4 Å². The van der Waals surface area contributed by atoms with Crippen molar-refractivity contribution in [3.8, 4) is 17.0 Å². The summed E-state index contributed by atoms with van der Waals surface area (Å²) in [4.78, 5) is 38.9. The van der Waals surface area contributed by atoms with Gasteiger partial charge in [-0.05, 0) is 48.0 Å². The lowest BCUT2D eigenvalue weighted by Crippen LogP contribution is -2.72. The quantitative estimate of drug-likeness (QED) is 0.430. The van der Waals surface area contributed by atoms with Crippen molar-refractivity contribution in [3.63, 3.8) is 0 Å². The Hall–Kier alpha value is -4.63. The maximum atomic E-state index is 12.7. The highest BCUT2D eigenvalue weighted by Gasteiger charge is 2.26. The molecule has 34 heavy (non-hydrogen) atoms. The molecule has 0 radical (unpaired) electrons. The van der Waals surface area contributed by atoms with E-state index < -0.39 is 5.91 Å². The molecule has 2 aromatic heterocycles. The summed E-state index contributed by atoms with van der Waals surface area (Å²) < 4.78 is 5.64. The summed E-state index contributed by atoms with van der Waals surface area (Å²) in [7, 11) is 0. The van der Waals surface area contributed by atoms with Crippen molar-refractivity contribution in [1.29, 1.82) is 0 Å². The molecule has 2 amide bonds. The van der Waals surface area contributed by atoms with Crippen LogP contribution in [0.5, 0.6) is 5.75 Å². The molecule has 4 N–H and O–H groups in total. The van der Waals surface area contributed by atoms with Crippen LogP contribution in [0.3, 0.4) is 0 Å². The SMILES string of the molecule is NC(=O)c1cccc([NH2+]c2nccc(-c3ccc4c(c3)N(Cc3cccnc3)C(=O)CO4)n2)c1. The second-order valence-corrected chi connectivity index (χ2v) is 7.75. The number of amides is 2. The number of carbonyl (C=O) groups excluding carboxylic acids is 2. The Morgan fingerprint density at radius 1 is 1.09 bits per heavy atom. The molecule has 0 saturated carbocycles. The number of ether oxygens (including phenoxy) is 1. The van der Waals surface area contributed by atoms with Crippen molar-refractivity contribution >= 4 is 29.1 Å². The maximum absolute atomic E-state index is 12.7. The Labute approximate surface area is 195 Å². The van der Waals surface area contributed by atoms with Gasteiger partial charge in [-0.1, -0.05) is 12.1 Å². The van der Waals surface area contributed by atoms with Gasteiger partial charge in [-0.25, -0.2) is 5.32 Å². The highest BCUT2D eigenvalue weighted by atomic mass is 16.5. The van der Waals surface area contributed by atoms with Crippen molar-refractivity contribution in [3.05, 3.63) is 90.4 Å². The molecule has 0 unspecified atom stereocenters. The number of benzene rings is 2. The minimum Gasteiger partial charge on any atom is -0.482 e. The van der Waals surface area contributed by atoms with Crippen molar-refractivity contribution in [2.24, 2.45) is 5.73 Å². The van der Waals surface area contributed by atoms with Gasteiger partial charge in [0.15, 0.2) is 6.61 Å². The molecule has 4 aromatic rings. The zero-order valence-corrected chi connectivity index (χ0v) is 18.1. The van der Waals surface area contributed by atoms with E-state index in [1.165, 1.54) is 0 Å². The predicted octanol–water partition coefficient (Wildman–Crippen LogP) is 2.09. The second-order valence-electron chi connectivity index (χ2n) is 7.75. The molecule has 1 aliphatic heterocycles. The maximum Gasteiger partial charge on any atom is 0.331 e. The second kappa shape index (κ2) is 9.08. The highest BCUT2D eigenvalue weighted by molar-refractivity contribution is 5.98. The van der Waals surface area contributed by atoms with Crippen LogP contribution in [0, 0.1) is 0 Å². The number of carbonyl (C=O) groups is 2. The Kier molecular flexibility index (Phi) is 5.67. The third kappa shape index (κ3) is 4.45. The van der Waals surface area contributed by atoms with Crippen LogP contribution in [0.25, 0.3) is 11.3 Å². The molecular formula is C25H21N6O3+. The first-order chi connectivity index (χ1) is 16.6. The average Bonchev–Trinajstić information content (AvgIpc) is 2.86. The number of hydrogen-bond acceptors (Lipinski definition) is 6. The summed E-state index contributed by atoms with van der Waals surface area (Å²) in [6, 6.07) is 18.2. The molecule has 0 aliphatic carbocycles. The van der Waals surface area contributed by atoms with Crippen LogP contribution in [-0.4, -0.2) is 33.4 Å². The van der Waals surface area contributed by atoms with Crippen LogP contribution >= 0.6 is 0 Å². The van der Waals surface area contributed by atoms with Crippen molar-refractivity contribution in [2.75, 3.05) is 11.5 Å². The summed E-state index contributed by atoms with van der Waals surface area (Å²) in [5.74, 6) is 0.499. The zero-order chi connectivity index (χ0) is 23.5. The monoisotopic (exact) mass is 453 g/mol. The van der Waals surface area contributed by atoms with Crippen molar-refractivity contribution < 1.29 is 19.6 Å². The number of nitrogens with two attached hydrogens (primary N) is 2. The molecule has 3 heterocycles. The number of anilines is 1. The number of quaternary nitrogens is 1. The van der Waals surface area contributed by atoms with Crippen LogP contribution in [0.4, 0.5) is 17.3 Å². The standard InChI is InChI=1S/C25H20N6O3/c26-24(33)18-4-1-5-19(11-18)29-25-28-10-8-20(30-25)17-6-7-22-21(12-17)31(23(32)15-34-22)14-16-3-2-9-27-13-16/h1-13H,14-15H2,(H2,26,33)(H,28,29,30)/p+1. The lowest BCUT2D eigenvalue weighted by atomic mass is 10.1. The van der Waals surface area contributed by atoms with E-state index >= 15 is 0 Å². The number of primary amides is 1. The predicted molar refractivity (Wildman–Crippen MR) is 125 cm³/mol. The number of pyridine rings is 1. The normalized spacial score (nSPS) is 12.7. The summed E-state index contributed by atoms with van der Waals surface area (Å²) in [5.41, 5.74) is 9.66. The van der Waals surface area contributed by atoms with Gasteiger partial charge in [-0.3, -0.25) is 14.6 Å². The molecule has 0 bridgehead atoms. The zero-order valence-electron chi connectivity index (χ0n) is 18.1. The Bertz CT molecular complexity index is 1380. The molecule has 168 valence electrons. The molecule has 1 aliphatic rings. The van der Waals surface area contributed by atoms with Crippen molar-refractivity contribution in [2.45, 2.75) is 6.54 Å². The van der Waals surface area contributed by atoms with E-state index in [0.29, 0.717) is 35.2 Å². The van der Waals surface area contributed by atoms with E-state index in [-0.39, 0.29) is 12.5 Å². The van der Waals surface area contributed by atoms with E-state index in [9.17, 15) is 9.59 Å². The first kappa shape index (κ1) is 21.2. The summed E-state index contributed by atoms with van der Waals surface area (Å²) in [5, 5.41) is 1.77. The Morgan fingerprint density at radius 3 is 2.82 bits per heavy atom. The van der Waals surface area contributed by atoms with Gasteiger partial charge in [0.05, 0.1) is 17.9 Å². The number of fused-ring (bicyclic) bond motifs is 1. The summed E-state index contributed by atoms with van der Waals surface area (Å²) >= 11 is 0. The van der Waals surface area contributed by atoms with Gasteiger partial charge in [0.2, 0.25) is 5.91 Å².